The van der Waals surface area contributed by atoms with Crippen LogP contribution in [0.3, 0.4) is 0 Å². The lowest BCUT2D eigenvalue weighted by molar-refractivity contribution is -0.120. The van der Waals surface area contributed by atoms with Gasteiger partial charge in [0.25, 0.3) is 5.91 Å². The number of carbonyl (C=O) groups excluding carboxylic acids is 2. The molecule has 0 saturated carbocycles. The van der Waals surface area contributed by atoms with Crippen LogP contribution in [-0.2, 0) is 9.59 Å². The predicted molar refractivity (Wildman–Crippen MR) is 120 cm³/mol. The maximum atomic E-state index is 13.0. The predicted octanol–water partition coefficient (Wildman–Crippen LogP) is 3.30. The van der Waals surface area contributed by atoms with Crippen LogP contribution >= 0.6 is 11.8 Å². The highest BCUT2D eigenvalue weighted by Crippen LogP contribution is 2.22. The van der Waals surface area contributed by atoms with Crippen molar-refractivity contribution in [3.8, 4) is 0 Å². The molecule has 2 heterocycles. The van der Waals surface area contributed by atoms with E-state index in [0.717, 1.165) is 29.0 Å². The number of hydrogen-bond acceptors (Lipinski definition) is 5. The van der Waals surface area contributed by atoms with Crippen LogP contribution < -0.4 is 15.8 Å². The SMILES string of the molecule is CSCC[C@@H](NC(=O)C1=CCC(=O)N(c2ccccc2)N1)c1nc2ccccc2[nH]1. The zero-order chi connectivity index (χ0) is 20.9. The van der Waals surface area contributed by atoms with Crippen molar-refractivity contribution in [1.29, 1.82) is 0 Å². The second-order valence-corrected chi connectivity index (χ2v) is 7.93. The average Bonchev–Trinajstić information content (AvgIpc) is 3.21. The van der Waals surface area contributed by atoms with Gasteiger partial charge in [0.2, 0.25) is 5.91 Å². The number of nitrogens with one attached hydrogen (secondary N) is 3. The van der Waals surface area contributed by atoms with E-state index in [1.807, 2.05) is 60.9 Å². The lowest BCUT2D eigenvalue weighted by Gasteiger charge is -2.29. The number of amides is 2. The number of nitrogens with zero attached hydrogens (tertiary/aromatic N) is 2. The molecule has 154 valence electrons. The Morgan fingerprint density at radius 3 is 2.73 bits per heavy atom. The van der Waals surface area contributed by atoms with Crippen molar-refractivity contribution in [2.75, 3.05) is 17.0 Å². The smallest absolute Gasteiger partial charge is 0.269 e. The van der Waals surface area contributed by atoms with E-state index in [0.29, 0.717) is 11.4 Å². The van der Waals surface area contributed by atoms with Crippen LogP contribution in [0.1, 0.15) is 24.7 Å². The minimum absolute atomic E-state index is 0.117. The maximum Gasteiger partial charge on any atom is 0.269 e. The molecule has 8 heteroatoms. The number of para-hydroxylation sites is 3. The summed E-state index contributed by atoms with van der Waals surface area (Å²) in [6, 6.07) is 16.8. The van der Waals surface area contributed by atoms with Gasteiger partial charge in [-0.15, -0.1) is 0 Å². The molecule has 2 aromatic carbocycles. The Kier molecular flexibility index (Phi) is 6.04. The molecule has 30 heavy (non-hydrogen) atoms. The molecule has 3 N–H and O–H groups in total. The molecule has 4 rings (SSSR count). The molecule has 0 spiro atoms. The van der Waals surface area contributed by atoms with Gasteiger partial charge < -0.3 is 10.3 Å². The molecule has 1 atom stereocenters. The minimum atomic E-state index is -0.269. The molecule has 0 aliphatic carbocycles. The summed E-state index contributed by atoms with van der Waals surface area (Å²) in [5.74, 6) is 1.22. The van der Waals surface area contributed by atoms with Crippen LogP contribution in [-0.4, -0.2) is 33.8 Å². The molecular formula is C22H23N5O2S. The summed E-state index contributed by atoms with van der Waals surface area (Å²) >= 11 is 1.72. The summed E-state index contributed by atoms with van der Waals surface area (Å²) < 4.78 is 0. The number of anilines is 1. The van der Waals surface area contributed by atoms with Gasteiger partial charge in [0.05, 0.1) is 22.8 Å². The Labute approximate surface area is 178 Å². The van der Waals surface area contributed by atoms with E-state index >= 15 is 0 Å². The second kappa shape index (κ2) is 9.04. The van der Waals surface area contributed by atoms with E-state index in [-0.39, 0.29) is 24.3 Å². The summed E-state index contributed by atoms with van der Waals surface area (Å²) in [4.78, 5) is 33.3. The molecule has 0 saturated heterocycles. The van der Waals surface area contributed by atoms with Crippen LogP contribution in [0.5, 0.6) is 0 Å². The van der Waals surface area contributed by atoms with Gasteiger partial charge >= 0.3 is 0 Å². The van der Waals surface area contributed by atoms with Gasteiger partial charge in [-0.25, -0.2) is 9.99 Å². The third-order valence-corrected chi connectivity index (χ3v) is 5.52. The Morgan fingerprint density at radius 1 is 1.20 bits per heavy atom. The lowest BCUT2D eigenvalue weighted by Crippen LogP contribution is -2.49. The summed E-state index contributed by atoms with van der Waals surface area (Å²) in [6.45, 7) is 0. The first-order chi connectivity index (χ1) is 14.7. The largest absolute Gasteiger partial charge is 0.341 e. The highest BCUT2D eigenvalue weighted by molar-refractivity contribution is 7.98. The molecule has 3 aromatic rings. The molecule has 1 aliphatic heterocycles. The van der Waals surface area contributed by atoms with E-state index in [1.165, 1.54) is 5.01 Å². The Bertz CT molecular complexity index is 1050. The third kappa shape index (κ3) is 4.33. The summed E-state index contributed by atoms with van der Waals surface area (Å²) in [7, 11) is 0. The number of aromatic nitrogens is 2. The Morgan fingerprint density at radius 2 is 1.97 bits per heavy atom. The summed E-state index contributed by atoms with van der Waals surface area (Å²) in [5.41, 5.74) is 5.80. The molecule has 7 nitrogen and oxygen atoms in total. The van der Waals surface area contributed by atoms with E-state index in [9.17, 15) is 9.59 Å². The van der Waals surface area contributed by atoms with Gasteiger partial charge in [0, 0.05) is 6.42 Å². The highest BCUT2D eigenvalue weighted by Gasteiger charge is 2.26. The molecule has 1 aliphatic rings. The van der Waals surface area contributed by atoms with Crippen molar-refractivity contribution in [2.24, 2.45) is 0 Å². The molecule has 0 bridgehead atoms. The molecule has 0 radical (unpaired) electrons. The van der Waals surface area contributed by atoms with Crippen molar-refractivity contribution in [3.05, 3.63) is 72.2 Å². The van der Waals surface area contributed by atoms with Gasteiger partial charge in [-0.2, -0.15) is 11.8 Å². The van der Waals surface area contributed by atoms with E-state index < -0.39 is 0 Å². The quantitative estimate of drug-likeness (QED) is 0.545. The number of thioether (sulfide) groups is 1. The van der Waals surface area contributed by atoms with Gasteiger partial charge in [-0.05, 0) is 48.8 Å². The number of benzene rings is 2. The molecule has 0 fully saturated rings. The number of hydrazine groups is 1. The second-order valence-electron chi connectivity index (χ2n) is 6.95. The molecule has 2 amide bonds. The van der Waals surface area contributed by atoms with Crippen molar-refractivity contribution in [1.82, 2.24) is 20.7 Å². The standard InChI is InChI=1S/C22H23N5O2S/c1-30-14-13-18(21-23-16-9-5-6-10-17(16)24-21)25-22(29)19-11-12-20(28)27(26-19)15-7-3-2-4-8-15/h2-11,18,26H,12-14H2,1H3,(H,23,24)(H,25,29)/t18-/m1/s1. The summed E-state index contributed by atoms with van der Waals surface area (Å²) in [6.07, 6.45) is 4.56. The highest BCUT2D eigenvalue weighted by atomic mass is 32.2. The number of hydrogen-bond donors (Lipinski definition) is 3. The molecular weight excluding hydrogens is 398 g/mol. The Hall–Kier alpha value is -3.26. The monoisotopic (exact) mass is 421 g/mol. The fraction of sp³-hybridized carbons (Fsp3) is 0.227. The van der Waals surface area contributed by atoms with Crippen molar-refractivity contribution >= 4 is 40.3 Å². The van der Waals surface area contributed by atoms with E-state index in [4.69, 9.17) is 0 Å². The van der Waals surface area contributed by atoms with Gasteiger partial charge in [0.1, 0.15) is 11.5 Å². The van der Waals surface area contributed by atoms with Gasteiger partial charge in [0.15, 0.2) is 0 Å². The van der Waals surface area contributed by atoms with Crippen molar-refractivity contribution in [3.63, 3.8) is 0 Å². The van der Waals surface area contributed by atoms with E-state index in [2.05, 4.69) is 20.7 Å². The summed E-state index contributed by atoms with van der Waals surface area (Å²) in [5, 5.41) is 4.48. The third-order valence-electron chi connectivity index (χ3n) is 4.88. The first-order valence-electron chi connectivity index (χ1n) is 9.75. The van der Waals surface area contributed by atoms with E-state index in [1.54, 1.807) is 17.8 Å². The fourth-order valence-electron chi connectivity index (χ4n) is 3.32. The zero-order valence-electron chi connectivity index (χ0n) is 16.6. The van der Waals surface area contributed by atoms with Crippen molar-refractivity contribution < 1.29 is 9.59 Å². The Balaban J connectivity index is 1.52. The first-order valence-corrected chi connectivity index (χ1v) is 11.1. The number of H-pyrrole nitrogens is 1. The topological polar surface area (TPSA) is 90.1 Å². The average molecular weight is 422 g/mol. The lowest BCUT2D eigenvalue weighted by atomic mass is 10.2. The minimum Gasteiger partial charge on any atom is -0.341 e. The number of carbonyl (C=O) groups is 2. The molecule has 0 unspecified atom stereocenters. The van der Waals surface area contributed by atoms with Crippen LogP contribution in [0.25, 0.3) is 11.0 Å². The van der Waals surface area contributed by atoms with Crippen LogP contribution in [0.4, 0.5) is 5.69 Å². The first kappa shape index (κ1) is 20.0. The molecule has 1 aromatic heterocycles. The van der Waals surface area contributed by atoms with Gasteiger partial charge in [-0.1, -0.05) is 30.3 Å². The fourth-order valence-corrected chi connectivity index (χ4v) is 3.80. The zero-order valence-corrected chi connectivity index (χ0v) is 17.4. The van der Waals surface area contributed by atoms with Crippen LogP contribution in [0.2, 0.25) is 0 Å². The number of imidazole rings is 1. The van der Waals surface area contributed by atoms with Crippen LogP contribution in [0, 0.1) is 0 Å². The number of fused-ring (bicyclic) bond motifs is 1. The van der Waals surface area contributed by atoms with Gasteiger partial charge in [-0.3, -0.25) is 15.0 Å². The number of aromatic amines is 1. The van der Waals surface area contributed by atoms with Crippen molar-refractivity contribution in [2.45, 2.75) is 18.9 Å². The maximum absolute atomic E-state index is 13.0. The number of rotatable bonds is 7. The normalized spacial score (nSPS) is 14.9. The van der Waals surface area contributed by atoms with Crippen LogP contribution in [0.15, 0.2) is 66.4 Å².